The van der Waals surface area contributed by atoms with Crippen LogP contribution >= 0.6 is 0 Å². The van der Waals surface area contributed by atoms with E-state index in [0.717, 1.165) is 25.7 Å². The number of hydrogen-bond donors (Lipinski definition) is 3. The molecule has 0 spiro atoms. The number of aliphatic hydroxyl groups is 3. The molecule has 3 heteroatoms. The van der Waals surface area contributed by atoms with E-state index in [9.17, 15) is 15.3 Å². The van der Waals surface area contributed by atoms with Gasteiger partial charge in [0.1, 0.15) is 0 Å². The molecular weight excluding hydrogens is 288 g/mol. The third-order valence-corrected chi connectivity index (χ3v) is 7.02. The molecule has 0 unspecified atom stereocenters. The molecule has 23 heavy (non-hydrogen) atoms. The molecule has 0 aromatic heterocycles. The first-order valence-electron chi connectivity index (χ1n) is 9.12. The van der Waals surface area contributed by atoms with Gasteiger partial charge in [0.05, 0.1) is 17.3 Å². The molecule has 0 bridgehead atoms. The minimum atomic E-state index is -0.901. The molecule has 134 valence electrons. The van der Waals surface area contributed by atoms with E-state index in [2.05, 4.69) is 27.4 Å². The summed E-state index contributed by atoms with van der Waals surface area (Å²) in [6, 6.07) is 0. The lowest BCUT2D eigenvalue weighted by atomic mass is 9.44. The van der Waals surface area contributed by atoms with Crippen molar-refractivity contribution in [2.45, 2.75) is 90.4 Å². The molecule has 3 N–H and O–H groups in total. The van der Waals surface area contributed by atoms with E-state index < -0.39 is 17.3 Å². The van der Waals surface area contributed by atoms with Gasteiger partial charge in [0, 0.05) is 6.42 Å². The van der Waals surface area contributed by atoms with Crippen molar-refractivity contribution in [3.8, 4) is 0 Å². The summed E-state index contributed by atoms with van der Waals surface area (Å²) in [5.41, 5.74) is -1.81. The Labute approximate surface area is 141 Å². The smallest absolute Gasteiger partial charge is 0.0797 e. The highest BCUT2D eigenvalue weighted by atomic mass is 16.3. The van der Waals surface area contributed by atoms with Gasteiger partial charge in [0.25, 0.3) is 0 Å². The van der Waals surface area contributed by atoms with Crippen molar-refractivity contribution in [2.24, 2.45) is 22.7 Å². The normalized spacial score (nSPS) is 45.8. The molecule has 0 radical (unpaired) electrons. The Morgan fingerprint density at radius 2 is 1.83 bits per heavy atom. The van der Waals surface area contributed by atoms with Crippen molar-refractivity contribution >= 4 is 0 Å². The van der Waals surface area contributed by atoms with Crippen LogP contribution in [0.3, 0.4) is 0 Å². The Morgan fingerprint density at radius 1 is 1.22 bits per heavy atom. The summed E-state index contributed by atoms with van der Waals surface area (Å²) in [5.74, 6) is 0.275. The Morgan fingerprint density at radius 3 is 2.39 bits per heavy atom. The molecule has 0 aromatic carbocycles. The Balaban J connectivity index is 2.35. The van der Waals surface area contributed by atoms with Crippen LogP contribution in [0.2, 0.25) is 0 Å². The predicted molar refractivity (Wildman–Crippen MR) is 94.0 cm³/mol. The molecule has 0 aliphatic heterocycles. The lowest BCUT2D eigenvalue weighted by Gasteiger charge is -2.63. The van der Waals surface area contributed by atoms with Gasteiger partial charge in [-0.25, -0.2) is 0 Å². The largest absolute Gasteiger partial charge is 0.393 e. The van der Waals surface area contributed by atoms with Crippen LogP contribution in [0.4, 0.5) is 0 Å². The van der Waals surface area contributed by atoms with Crippen LogP contribution in [0.25, 0.3) is 0 Å². The Kier molecular flexibility index (Phi) is 4.83. The van der Waals surface area contributed by atoms with Gasteiger partial charge in [0.2, 0.25) is 0 Å². The van der Waals surface area contributed by atoms with Gasteiger partial charge in [-0.1, -0.05) is 33.3 Å². The number of hydrogen-bond acceptors (Lipinski definition) is 3. The zero-order valence-corrected chi connectivity index (χ0v) is 15.6. The summed E-state index contributed by atoms with van der Waals surface area (Å²) in [6.45, 7) is 14.1. The summed E-state index contributed by atoms with van der Waals surface area (Å²) < 4.78 is 0. The number of fused-ring (bicyclic) bond motifs is 1. The van der Waals surface area contributed by atoms with Crippen LogP contribution in [0.15, 0.2) is 12.7 Å². The zero-order valence-electron chi connectivity index (χ0n) is 15.6. The van der Waals surface area contributed by atoms with Crippen molar-refractivity contribution in [3.63, 3.8) is 0 Å². The summed E-state index contributed by atoms with van der Waals surface area (Å²) in [5, 5.41) is 32.2. The third kappa shape index (κ3) is 3.38. The minimum absolute atomic E-state index is 0.0781. The van der Waals surface area contributed by atoms with E-state index in [-0.39, 0.29) is 22.7 Å². The lowest BCUT2D eigenvalue weighted by Crippen LogP contribution is -2.62. The second-order valence-electron chi connectivity index (χ2n) is 9.61. The summed E-state index contributed by atoms with van der Waals surface area (Å²) in [7, 11) is 0. The second kappa shape index (κ2) is 5.86. The van der Waals surface area contributed by atoms with E-state index >= 15 is 0 Å². The molecule has 0 aromatic rings. The standard InChI is InChI=1S/C20H36O3/c1-7-18(4,22)12-9-15-19(5)11-8-10-17(2,3)16(19)14(21)13-20(15,6)23/h7,14-16,21-23H,1,8-13H2,2-6H3/t14-,15+,16-,18+,19+,20+/m0/s1. The zero-order chi connectivity index (χ0) is 17.7. The van der Waals surface area contributed by atoms with Crippen molar-refractivity contribution in [1.82, 2.24) is 0 Å². The monoisotopic (exact) mass is 324 g/mol. The predicted octanol–water partition coefficient (Wildman–Crippen LogP) is 3.67. The van der Waals surface area contributed by atoms with Crippen molar-refractivity contribution in [1.29, 1.82) is 0 Å². The molecule has 2 aliphatic rings. The first-order chi connectivity index (χ1) is 10.4. The fourth-order valence-electron chi connectivity index (χ4n) is 6.05. The summed E-state index contributed by atoms with van der Waals surface area (Å²) >= 11 is 0. The summed E-state index contributed by atoms with van der Waals surface area (Å²) in [6.07, 6.45) is 6.21. The van der Waals surface area contributed by atoms with Crippen LogP contribution < -0.4 is 0 Å². The molecular formula is C20H36O3. The average Bonchev–Trinajstić information content (AvgIpc) is 2.34. The van der Waals surface area contributed by atoms with Crippen molar-refractivity contribution < 1.29 is 15.3 Å². The topological polar surface area (TPSA) is 60.7 Å². The van der Waals surface area contributed by atoms with E-state index in [4.69, 9.17) is 0 Å². The van der Waals surface area contributed by atoms with Crippen LogP contribution in [-0.2, 0) is 0 Å². The fourth-order valence-corrected chi connectivity index (χ4v) is 6.05. The maximum absolute atomic E-state index is 11.1. The highest BCUT2D eigenvalue weighted by Crippen LogP contribution is 2.63. The van der Waals surface area contributed by atoms with Gasteiger partial charge in [0.15, 0.2) is 0 Å². The van der Waals surface area contributed by atoms with Crippen molar-refractivity contribution in [3.05, 3.63) is 12.7 Å². The number of rotatable bonds is 4. The molecule has 2 aliphatic carbocycles. The van der Waals surface area contributed by atoms with Crippen LogP contribution in [0, 0.1) is 22.7 Å². The van der Waals surface area contributed by atoms with E-state index in [1.165, 1.54) is 0 Å². The highest BCUT2D eigenvalue weighted by Gasteiger charge is 2.61. The average molecular weight is 325 g/mol. The van der Waals surface area contributed by atoms with Gasteiger partial charge < -0.3 is 15.3 Å². The minimum Gasteiger partial charge on any atom is -0.393 e. The molecule has 0 heterocycles. The molecule has 2 rings (SSSR count). The molecule has 2 fully saturated rings. The maximum Gasteiger partial charge on any atom is 0.0797 e. The van der Waals surface area contributed by atoms with Crippen LogP contribution in [0.5, 0.6) is 0 Å². The van der Waals surface area contributed by atoms with Crippen LogP contribution in [-0.4, -0.2) is 32.6 Å². The molecule has 6 atom stereocenters. The second-order valence-corrected chi connectivity index (χ2v) is 9.61. The number of aliphatic hydroxyl groups excluding tert-OH is 1. The maximum atomic E-state index is 11.1. The highest BCUT2D eigenvalue weighted by molar-refractivity contribution is 5.11. The molecule has 0 saturated heterocycles. The van der Waals surface area contributed by atoms with Gasteiger partial charge in [-0.2, -0.15) is 0 Å². The van der Waals surface area contributed by atoms with Gasteiger partial charge in [-0.05, 0) is 62.2 Å². The Bertz CT molecular complexity index is 452. The fraction of sp³-hybridized carbons (Fsp3) is 0.900. The van der Waals surface area contributed by atoms with E-state index in [0.29, 0.717) is 12.8 Å². The summed E-state index contributed by atoms with van der Waals surface area (Å²) in [4.78, 5) is 0. The lowest BCUT2D eigenvalue weighted by molar-refractivity contribution is -0.216. The van der Waals surface area contributed by atoms with E-state index in [1.54, 1.807) is 13.0 Å². The van der Waals surface area contributed by atoms with Crippen molar-refractivity contribution in [2.75, 3.05) is 0 Å². The van der Waals surface area contributed by atoms with E-state index in [1.807, 2.05) is 6.92 Å². The first-order valence-corrected chi connectivity index (χ1v) is 9.12. The SMILES string of the molecule is C=C[C@@](C)(O)CC[C@@H]1[C@@]2(C)CCCC(C)(C)[C@@H]2[C@@H](O)C[C@@]1(C)O. The van der Waals surface area contributed by atoms with Gasteiger partial charge in [-0.3, -0.25) is 0 Å². The molecule has 3 nitrogen and oxygen atoms in total. The van der Waals surface area contributed by atoms with Gasteiger partial charge in [-0.15, -0.1) is 6.58 Å². The first kappa shape index (κ1) is 19.0. The third-order valence-electron chi connectivity index (χ3n) is 7.02. The Hall–Kier alpha value is -0.380. The quantitative estimate of drug-likeness (QED) is 0.692. The molecule has 0 amide bonds. The van der Waals surface area contributed by atoms with Gasteiger partial charge >= 0.3 is 0 Å². The van der Waals surface area contributed by atoms with Crippen LogP contribution in [0.1, 0.15) is 73.1 Å². The molecule has 2 saturated carbocycles.